The SMILES string of the molecule is CN=C(NCc1ccnc(OC2CCC(C)CC2)c1)NC1CCN(CCOC)CC1. The van der Waals surface area contributed by atoms with Crippen molar-refractivity contribution in [2.45, 2.75) is 64.1 Å². The topological polar surface area (TPSA) is 71.0 Å². The lowest BCUT2D eigenvalue weighted by Crippen LogP contribution is -2.48. The average molecular weight is 418 g/mol. The number of methoxy groups -OCH3 is 1. The van der Waals surface area contributed by atoms with Crippen molar-refractivity contribution in [2.24, 2.45) is 10.9 Å². The fraction of sp³-hybridized carbons (Fsp3) is 0.739. The smallest absolute Gasteiger partial charge is 0.213 e. The van der Waals surface area contributed by atoms with Gasteiger partial charge in [0.1, 0.15) is 6.10 Å². The first kappa shape index (κ1) is 22.8. The summed E-state index contributed by atoms with van der Waals surface area (Å²) in [6.07, 6.45) is 9.15. The van der Waals surface area contributed by atoms with Crippen LogP contribution in [0.15, 0.2) is 23.3 Å². The molecule has 0 aromatic carbocycles. The number of rotatable bonds is 8. The third kappa shape index (κ3) is 7.43. The molecule has 1 saturated carbocycles. The molecule has 2 N–H and O–H groups in total. The number of aliphatic imine (C=N–C) groups is 1. The van der Waals surface area contributed by atoms with Crippen molar-refractivity contribution in [3.8, 4) is 5.88 Å². The highest BCUT2D eigenvalue weighted by Gasteiger charge is 2.21. The van der Waals surface area contributed by atoms with E-state index in [0.29, 0.717) is 18.7 Å². The molecule has 30 heavy (non-hydrogen) atoms. The van der Waals surface area contributed by atoms with Gasteiger partial charge in [-0.05, 0) is 56.1 Å². The van der Waals surface area contributed by atoms with Crippen molar-refractivity contribution in [2.75, 3.05) is 40.4 Å². The quantitative estimate of drug-likeness (QED) is 0.501. The molecule has 0 amide bonds. The summed E-state index contributed by atoms with van der Waals surface area (Å²) in [5.41, 5.74) is 1.15. The molecule has 1 saturated heterocycles. The van der Waals surface area contributed by atoms with Gasteiger partial charge in [0.15, 0.2) is 5.96 Å². The Morgan fingerprint density at radius 3 is 2.67 bits per heavy atom. The number of nitrogens with zero attached hydrogens (tertiary/aromatic N) is 3. The first-order valence-electron chi connectivity index (χ1n) is 11.5. The van der Waals surface area contributed by atoms with Crippen molar-refractivity contribution < 1.29 is 9.47 Å². The second-order valence-electron chi connectivity index (χ2n) is 8.68. The van der Waals surface area contributed by atoms with E-state index in [4.69, 9.17) is 9.47 Å². The summed E-state index contributed by atoms with van der Waals surface area (Å²) in [5.74, 6) is 2.41. The Morgan fingerprint density at radius 1 is 1.20 bits per heavy atom. The van der Waals surface area contributed by atoms with Crippen LogP contribution < -0.4 is 15.4 Å². The van der Waals surface area contributed by atoms with Gasteiger partial charge in [0.2, 0.25) is 5.88 Å². The molecule has 0 radical (unpaired) electrons. The fourth-order valence-corrected chi connectivity index (χ4v) is 4.24. The number of hydrogen-bond donors (Lipinski definition) is 2. The van der Waals surface area contributed by atoms with Crippen LogP contribution >= 0.6 is 0 Å². The van der Waals surface area contributed by atoms with Gasteiger partial charge >= 0.3 is 0 Å². The first-order chi connectivity index (χ1) is 14.7. The number of nitrogens with one attached hydrogen (secondary N) is 2. The Morgan fingerprint density at radius 2 is 1.97 bits per heavy atom. The van der Waals surface area contributed by atoms with Crippen LogP contribution in [0.1, 0.15) is 51.0 Å². The van der Waals surface area contributed by atoms with Gasteiger partial charge in [0.05, 0.1) is 6.61 Å². The zero-order valence-electron chi connectivity index (χ0n) is 18.9. The monoisotopic (exact) mass is 417 g/mol. The molecule has 2 fully saturated rings. The molecule has 1 aliphatic heterocycles. The highest BCUT2D eigenvalue weighted by Crippen LogP contribution is 2.26. The largest absolute Gasteiger partial charge is 0.474 e. The molecule has 1 aromatic heterocycles. The van der Waals surface area contributed by atoms with Crippen LogP contribution in [0, 0.1) is 5.92 Å². The maximum absolute atomic E-state index is 6.14. The van der Waals surface area contributed by atoms with E-state index < -0.39 is 0 Å². The Balaban J connectivity index is 1.42. The van der Waals surface area contributed by atoms with Crippen LogP contribution in [0.4, 0.5) is 0 Å². The zero-order chi connectivity index (χ0) is 21.2. The second kappa shape index (κ2) is 12.1. The van der Waals surface area contributed by atoms with Gasteiger partial charge in [0.25, 0.3) is 0 Å². The summed E-state index contributed by atoms with van der Waals surface area (Å²) in [6, 6.07) is 4.54. The van der Waals surface area contributed by atoms with E-state index in [1.807, 2.05) is 25.4 Å². The van der Waals surface area contributed by atoms with E-state index in [1.54, 1.807) is 7.11 Å². The Labute approximate surface area is 181 Å². The van der Waals surface area contributed by atoms with Crippen LogP contribution in [0.3, 0.4) is 0 Å². The molecule has 2 aliphatic rings. The van der Waals surface area contributed by atoms with E-state index >= 15 is 0 Å². The van der Waals surface area contributed by atoms with E-state index in [9.17, 15) is 0 Å². The van der Waals surface area contributed by atoms with Gasteiger partial charge in [-0.1, -0.05) is 6.92 Å². The number of likely N-dealkylation sites (tertiary alicyclic amines) is 1. The highest BCUT2D eigenvalue weighted by atomic mass is 16.5. The molecular weight excluding hydrogens is 378 g/mol. The van der Waals surface area contributed by atoms with E-state index in [0.717, 1.165) is 75.2 Å². The molecule has 2 heterocycles. The van der Waals surface area contributed by atoms with E-state index in [2.05, 4.69) is 32.4 Å². The molecular formula is C23H39N5O2. The van der Waals surface area contributed by atoms with Gasteiger partial charge in [-0.15, -0.1) is 0 Å². The average Bonchev–Trinajstić information content (AvgIpc) is 2.78. The molecule has 0 atom stereocenters. The van der Waals surface area contributed by atoms with Gasteiger partial charge in [-0.25, -0.2) is 4.98 Å². The van der Waals surface area contributed by atoms with Gasteiger partial charge in [-0.3, -0.25) is 4.99 Å². The van der Waals surface area contributed by atoms with Crippen LogP contribution in [0.5, 0.6) is 5.88 Å². The summed E-state index contributed by atoms with van der Waals surface area (Å²) in [5, 5.41) is 7.01. The summed E-state index contributed by atoms with van der Waals surface area (Å²) < 4.78 is 11.3. The Kier molecular flexibility index (Phi) is 9.21. The maximum Gasteiger partial charge on any atom is 0.213 e. The summed E-state index contributed by atoms with van der Waals surface area (Å²) in [6.45, 7) is 7.05. The normalized spacial score (nSPS) is 23.9. The molecule has 3 rings (SSSR count). The van der Waals surface area contributed by atoms with Crippen molar-refractivity contribution in [3.63, 3.8) is 0 Å². The Hall–Kier alpha value is -1.86. The van der Waals surface area contributed by atoms with Crippen molar-refractivity contribution in [1.82, 2.24) is 20.5 Å². The van der Waals surface area contributed by atoms with Gasteiger partial charge < -0.3 is 25.0 Å². The van der Waals surface area contributed by atoms with Crippen LogP contribution in [0.2, 0.25) is 0 Å². The lowest BCUT2D eigenvalue weighted by Gasteiger charge is -2.32. The number of piperidine rings is 1. The molecule has 0 bridgehead atoms. The van der Waals surface area contributed by atoms with E-state index in [1.165, 1.54) is 12.8 Å². The summed E-state index contributed by atoms with van der Waals surface area (Å²) in [7, 11) is 3.59. The minimum atomic E-state index is 0.307. The molecule has 0 spiro atoms. The number of ether oxygens (including phenoxy) is 2. The third-order valence-corrected chi connectivity index (χ3v) is 6.27. The lowest BCUT2D eigenvalue weighted by molar-refractivity contribution is 0.128. The predicted molar refractivity (Wildman–Crippen MR) is 121 cm³/mol. The Bertz CT molecular complexity index is 653. The highest BCUT2D eigenvalue weighted by molar-refractivity contribution is 5.79. The molecule has 1 aliphatic carbocycles. The maximum atomic E-state index is 6.14. The number of pyridine rings is 1. The van der Waals surface area contributed by atoms with Gasteiger partial charge in [-0.2, -0.15) is 0 Å². The zero-order valence-corrected chi connectivity index (χ0v) is 18.9. The molecule has 168 valence electrons. The third-order valence-electron chi connectivity index (χ3n) is 6.27. The van der Waals surface area contributed by atoms with Gasteiger partial charge in [0, 0.05) is 58.6 Å². The van der Waals surface area contributed by atoms with Crippen LogP contribution in [0.25, 0.3) is 0 Å². The summed E-state index contributed by atoms with van der Waals surface area (Å²) >= 11 is 0. The molecule has 7 heteroatoms. The number of aromatic nitrogens is 1. The molecule has 0 unspecified atom stereocenters. The van der Waals surface area contributed by atoms with Crippen molar-refractivity contribution >= 4 is 5.96 Å². The lowest BCUT2D eigenvalue weighted by atomic mass is 9.89. The van der Waals surface area contributed by atoms with Crippen LogP contribution in [-0.2, 0) is 11.3 Å². The standard InChI is InChI=1S/C23H39N5O2/c1-18-4-6-21(7-5-18)30-22-16-19(8-11-25-22)17-26-23(24-2)27-20-9-12-28(13-10-20)14-15-29-3/h8,11,16,18,20-21H,4-7,9-10,12-15,17H2,1-3H3,(H2,24,26,27). The number of guanidine groups is 1. The molecule has 1 aromatic rings. The fourth-order valence-electron chi connectivity index (χ4n) is 4.24. The minimum absolute atomic E-state index is 0.307. The predicted octanol–water partition coefficient (Wildman–Crippen LogP) is 2.81. The first-order valence-corrected chi connectivity index (χ1v) is 11.5. The molecule has 7 nitrogen and oxygen atoms in total. The van der Waals surface area contributed by atoms with E-state index in [-0.39, 0.29) is 0 Å². The number of hydrogen-bond acceptors (Lipinski definition) is 5. The summed E-state index contributed by atoms with van der Waals surface area (Å²) in [4.78, 5) is 11.3. The van der Waals surface area contributed by atoms with Crippen molar-refractivity contribution in [3.05, 3.63) is 23.9 Å². The minimum Gasteiger partial charge on any atom is -0.474 e. The van der Waals surface area contributed by atoms with Crippen molar-refractivity contribution in [1.29, 1.82) is 0 Å². The van der Waals surface area contributed by atoms with Crippen LogP contribution in [-0.4, -0.2) is 68.4 Å². The second-order valence-corrected chi connectivity index (χ2v) is 8.68.